The standard InChI is InChI=1S/C19H24O7/c1-6-8-15(26-17(20)12(3)4)19(22)25-14-10-9-13(11-16(14)23-5)18(21)24-7-2/h9-11,15H,3,6-8H2,1-2,4-5H3. The van der Waals surface area contributed by atoms with E-state index in [2.05, 4.69) is 6.58 Å². The van der Waals surface area contributed by atoms with Crippen LogP contribution < -0.4 is 9.47 Å². The zero-order valence-electron chi connectivity index (χ0n) is 15.5. The molecule has 7 heteroatoms. The molecule has 0 fully saturated rings. The van der Waals surface area contributed by atoms with E-state index >= 15 is 0 Å². The summed E-state index contributed by atoms with van der Waals surface area (Å²) in [6.07, 6.45) is -0.137. The molecule has 1 unspecified atom stereocenters. The first kappa shape index (κ1) is 21.2. The highest BCUT2D eigenvalue weighted by Crippen LogP contribution is 2.29. The second kappa shape index (κ2) is 10.2. The molecular formula is C19H24O7. The third-order valence-electron chi connectivity index (χ3n) is 3.30. The van der Waals surface area contributed by atoms with Crippen LogP contribution in [0.15, 0.2) is 30.4 Å². The molecule has 0 heterocycles. The van der Waals surface area contributed by atoms with Crippen molar-refractivity contribution in [2.75, 3.05) is 13.7 Å². The molecule has 0 radical (unpaired) electrons. The number of esters is 3. The second-order valence-electron chi connectivity index (χ2n) is 5.47. The number of hydrogen-bond donors (Lipinski definition) is 0. The van der Waals surface area contributed by atoms with Crippen molar-refractivity contribution in [3.8, 4) is 11.5 Å². The van der Waals surface area contributed by atoms with Gasteiger partial charge in [-0.05, 0) is 38.5 Å². The fourth-order valence-electron chi connectivity index (χ4n) is 1.98. The van der Waals surface area contributed by atoms with Gasteiger partial charge in [0.15, 0.2) is 17.6 Å². The van der Waals surface area contributed by atoms with Crippen LogP contribution in [0.4, 0.5) is 0 Å². The Labute approximate surface area is 152 Å². The van der Waals surface area contributed by atoms with E-state index in [0.717, 1.165) is 0 Å². The molecule has 1 rings (SSSR count). The van der Waals surface area contributed by atoms with Crippen molar-refractivity contribution in [3.05, 3.63) is 35.9 Å². The van der Waals surface area contributed by atoms with Gasteiger partial charge in [-0.1, -0.05) is 19.9 Å². The summed E-state index contributed by atoms with van der Waals surface area (Å²) in [5.41, 5.74) is 0.456. The Morgan fingerprint density at radius 1 is 1.15 bits per heavy atom. The lowest BCUT2D eigenvalue weighted by atomic mass is 10.2. The molecule has 1 aromatic carbocycles. The molecule has 7 nitrogen and oxygen atoms in total. The van der Waals surface area contributed by atoms with Gasteiger partial charge in [0.05, 0.1) is 19.3 Å². The number of hydrogen-bond acceptors (Lipinski definition) is 7. The lowest BCUT2D eigenvalue weighted by Crippen LogP contribution is -2.31. The molecule has 0 N–H and O–H groups in total. The van der Waals surface area contributed by atoms with Crippen molar-refractivity contribution in [2.24, 2.45) is 0 Å². The topological polar surface area (TPSA) is 88.1 Å². The predicted molar refractivity (Wildman–Crippen MR) is 94.2 cm³/mol. The van der Waals surface area contributed by atoms with E-state index < -0.39 is 24.0 Å². The molecule has 0 saturated carbocycles. The Kier molecular flexibility index (Phi) is 8.34. The van der Waals surface area contributed by atoms with E-state index in [-0.39, 0.29) is 29.2 Å². The summed E-state index contributed by atoms with van der Waals surface area (Å²) in [4.78, 5) is 35.8. The minimum Gasteiger partial charge on any atom is -0.493 e. The smallest absolute Gasteiger partial charge is 0.352 e. The van der Waals surface area contributed by atoms with E-state index in [4.69, 9.17) is 18.9 Å². The van der Waals surface area contributed by atoms with Gasteiger partial charge in [0, 0.05) is 5.57 Å². The molecule has 0 aromatic heterocycles. The Morgan fingerprint density at radius 2 is 1.85 bits per heavy atom. The molecule has 0 aliphatic rings. The van der Waals surface area contributed by atoms with Crippen molar-refractivity contribution in [1.29, 1.82) is 0 Å². The summed E-state index contributed by atoms with van der Waals surface area (Å²) < 4.78 is 20.5. The van der Waals surface area contributed by atoms with Crippen molar-refractivity contribution in [2.45, 2.75) is 39.7 Å². The zero-order chi connectivity index (χ0) is 19.7. The van der Waals surface area contributed by atoms with Crippen molar-refractivity contribution in [3.63, 3.8) is 0 Å². The van der Waals surface area contributed by atoms with Crippen LogP contribution in [-0.2, 0) is 19.1 Å². The predicted octanol–water partition coefficient (Wildman–Crippen LogP) is 3.07. The Hall–Kier alpha value is -2.83. The van der Waals surface area contributed by atoms with Crippen LogP contribution in [0.1, 0.15) is 44.0 Å². The van der Waals surface area contributed by atoms with E-state index in [1.165, 1.54) is 32.2 Å². The molecule has 1 atom stereocenters. The van der Waals surface area contributed by atoms with E-state index in [1.54, 1.807) is 6.92 Å². The molecule has 0 aliphatic heterocycles. The lowest BCUT2D eigenvalue weighted by Gasteiger charge is -2.17. The minimum atomic E-state index is -1.06. The number of carbonyl (C=O) groups is 3. The average Bonchev–Trinajstić information content (AvgIpc) is 2.61. The van der Waals surface area contributed by atoms with Crippen molar-refractivity contribution in [1.82, 2.24) is 0 Å². The van der Waals surface area contributed by atoms with Gasteiger partial charge in [0.2, 0.25) is 0 Å². The molecule has 0 saturated heterocycles. The van der Waals surface area contributed by atoms with Crippen LogP contribution in [0, 0.1) is 0 Å². The lowest BCUT2D eigenvalue weighted by molar-refractivity contribution is -0.160. The number of carbonyl (C=O) groups excluding carboxylic acids is 3. The van der Waals surface area contributed by atoms with Gasteiger partial charge in [-0.2, -0.15) is 0 Å². The average molecular weight is 364 g/mol. The fraction of sp³-hybridized carbons (Fsp3) is 0.421. The summed E-state index contributed by atoms with van der Waals surface area (Å²) in [5, 5.41) is 0. The molecule has 142 valence electrons. The fourth-order valence-corrected chi connectivity index (χ4v) is 1.98. The highest BCUT2D eigenvalue weighted by atomic mass is 16.6. The highest BCUT2D eigenvalue weighted by molar-refractivity contribution is 5.91. The highest BCUT2D eigenvalue weighted by Gasteiger charge is 2.26. The maximum Gasteiger partial charge on any atom is 0.352 e. The van der Waals surface area contributed by atoms with Gasteiger partial charge in [-0.15, -0.1) is 0 Å². The first-order valence-electron chi connectivity index (χ1n) is 8.27. The van der Waals surface area contributed by atoms with Crippen molar-refractivity contribution < 1.29 is 33.3 Å². The Morgan fingerprint density at radius 3 is 2.38 bits per heavy atom. The third kappa shape index (κ3) is 5.91. The van der Waals surface area contributed by atoms with E-state index in [0.29, 0.717) is 12.8 Å². The largest absolute Gasteiger partial charge is 0.493 e. The van der Waals surface area contributed by atoms with Crippen LogP contribution >= 0.6 is 0 Å². The zero-order valence-corrected chi connectivity index (χ0v) is 15.5. The summed E-state index contributed by atoms with van der Waals surface area (Å²) in [6.45, 7) is 8.77. The number of rotatable bonds is 9. The van der Waals surface area contributed by atoms with E-state index in [9.17, 15) is 14.4 Å². The minimum absolute atomic E-state index is 0.109. The first-order valence-corrected chi connectivity index (χ1v) is 8.27. The molecule has 0 spiro atoms. The van der Waals surface area contributed by atoms with Crippen LogP contribution in [0.25, 0.3) is 0 Å². The van der Waals surface area contributed by atoms with Crippen LogP contribution in [0.2, 0.25) is 0 Å². The first-order chi connectivity index (χ1) is 12.3. The van der Waals surface area contributed by atoms with Crippen LogP contribution in [-0.4, -0.2) is 37.7 Å². The molecule has 0 bridgehead atoms. The van der Waals surface area contributed by atoms with Gasteiger partial charge >= 0.3 is 17.9 Å². The van der Waals surface area contributed by atoms with Crippen LogP contribution in [0.5, 0.6) is 11.5 Å². The second-order valence-corrected chi connectivity index (χ2v) is 5.47. The van der Waals surface area contributed by atoms with Gasteiger partial charge in [-0.25, -0.2) is 14.4 Å². The number of methoxy groups -OCH3 is 1. The van der Waals surface area contributed by atoms with Gasteiger partial charge in [0.1, 0.15) is 0 Å². The van der Waals surface area contributed by atoms with Gasteiger partial charge in [-0.3, -0.25) is 0 Å². The third-order valence-corrected chi connectivity index (χ3v) is 3.30. The van der Waals surface area contributed by atoms with Crippen molar-refractivity contribution >= 4 is 17.9 Å². The number of ether oxygens (including phenoxy) is 4. The summed E-state index contributed by atoms with van der Waals surface area (Å²) in [6, 6.07) is 4.29. The van der Waals surface area contributed by atoms with Crippen LogP contribution in [0.3, 0.4) is 0 Å². The summed E-state index contributed by atoms with van der Waals surface area (Å²) in [7, 11) is 1.38. The summed E-state index contributed by atoms with van der Waals surface area (Å²) in [5.74, 6) is -1.61. The Balaban J connectivity index is 2.96. The molecule has 0 amide bonds. The monoisotopic (exact) mass is 364 g/mol. The van der Waals surface area contributed by atoms with Gasteiger partial charge < -0.3 is 18.9 Å². The molecule has 1 aromatic rings. The maximum atomic E-state index is 12.4. The molecule has 26 heavy (non-hydrogen) atoms. The maximum absolute atomic E-state index is 12.4. The SMILES string of the molecule is C=C(C)C(=O)OC(CCC)C(=O)Oc1ccc(C(=O)OCC)cc1OC. The Bertz CT molecular complexity index is 678. The number of benzene rings is 1. The summed E-state index contributed by atoms with van der Waals surface area (Å²) >= 11 is 0. The van der Waals surface area contributed by atoms with E-state index in [1.807, 2.05) is 6.92 Å². The molecule has 0 aliphatic carbocycles. The van der Waals surface area contributed by atoms with Gasteiger partial charge in [0.25, 0.3) is 0 Å². The normalized spacial score (nSPS) is 11.2. The quantitative estimate of drug-likeness (QED) is 0.378. The molecular weight excluding hydrogens is 340 g/mol.